The first-order valence-corrected chi connectivity index (χ1v) is 8.41. The first-order chi connectivity index (χ1) is 9.90. The molecule has 0 aromatic heterocycles. The fraction of sp³-hybridized carbons (Fsp3) is 0.462. The van der Waals surface area contributed by atoms with Crippen LogP contribution in [0.4, 0.5) is 18.9 Å². The van der Waals surface area contributed by atoms with E-state index in [0.29, 0.717) is 6.07 Å². The molecular formula is C13H17F3N2O3S. The average Bonchev–Trinajstić information content (AvgIpc) is 2.34. The number of carbonyl (C=O) groups excluding carboxylic acids is 1. The van der Waals surface area contributed by atoms with E-state index in [0.717, 1.165) is 18.4 Å². The molecular weight excluding hydrogens is 321 g/mol. The maximum absolute atomic E-state index is 12.6. The van der Waals surface area contributed by atoms with E-state index >= 15 is 0 Å². The SMILES string of the molecule is C[C@@H](CCS(C)(=O)=O)NC(=O)c1cc(C(F)(F)F)ccc1N. The standard InChI is InChI=1S/C13H17F3N2O3S/c1-8(5-6-22(2,20)21)18-12(19)10-7-9(13(14,15)16)3-4-11(10)17/h3-4,7-8H,5-6,17H2,1-2H3,(H,18,19)/t8-/m0/s1. The first kappa shape index (κ1) is 18.3. The molecule has 1 atom stereocenters. The van der Waals surface area contributed by atoms with Crippen LogP contribution in [0.3, 0.4) is 0 Å². The van der Waals surface area contributed by atoms with Crippen LogP contribution in [-0.4, -0.2) is 32.4 Å². The predicted octanol–water partition coefficient (Wildman–Crippen LogP) is 1.84. The minimum absolute atomic E-state index is 0.0826. The summed E-state index contributed by atoms with van der Waals surface area (Å²) >= 11 is 0. The lowest BCUT2D eigenvalue weighted by atomic mass is 10.1. The summed E-state index contributed by atoms with van der Waals surface area (Å²) in [6.07, 6.45) is -3.36. The second kappa shape index (κ2) is 6.55. The number of carbonyl (C=O) groups is 1. The third-order valence-electron chi connectivity index (χ3n) is 2.92. The lowest BCUT2D eigenvalue weighted by molar-refractivity contribution is -0.137. The van der Waals surface area contributed by atoms with Crippen LogP contribution in [0.15, 0.2) is 18.2 Å². The van der Waals surface area contributed by atoms with Gasteiger partial charge in [0.25, 0.3) is 5.91 Å². The van der Waals surface area contributed by atoms with Gasteiger partial charge in [-0.05, 0) is 31.5 Å². The zero-order valence-corrected chi connectivity index (χ0v) is 12.9. The molecule has 0 fully saturated rings. The van der Waals surface area contributed by atoms with Gasteiger partial charge in [-0.25, -0.2) is 8.42 Å². The molecule has 0 radical (unpaired) electrons. The van der Waals surface area contributed by atoms with Crippen molar-refractivity contribution in [2.45, 2.75) is 25.6 Å². The number of anilines is 1. The Balaban J connectivity index is 2.85. The highest BCUT2D eigenvalue weighted by Gasteiger charge is 2.31. The fourth-order valence-electron chi connectivity index (χ4n) is 1.69. The van der Waals surface area contributed by atoms with Gasteiger partial charge in [0, 0.05) is 18.0 Å². The Labute approximate surface area is 126 Å². The summed E-state index contributed by atoms with van der Waals surface area (Å²) in [6, 6.07) is 1.96. The Bertz CT molecular complexity index is 657. The van der Waals surface area contributed by atoms with Crippen LogP contribution < -0.4 is 11.1 Å². The van der Waals surface area contributed by atoms with Crippen molar-refractivity contribution in [2.24, 2.45) is 0 Å². The number of rotatable bonds is 5. The summed E-state index contributed by atoms with van der Waals surface area (Å²) in [5, 5.41) is 2.44. The van der Waals surface area contributed by atoms with Crippen LogP contribution in [0.5, 0.6) is 0 Å². The van der Waals surface area contributed by atoms with Crippen LogP contribution in [0.1, 0.15) is 29.3 Å². The molecule has 5 nitrogen and oxygen atoms in total. The number of hydrogen-bond donors (Lipinski definition) is 2. The summed E-state index contributed by atoms with van der Waals surface area (Å²) in [5.74, 6) is -0.906. The monoisotopic (exact) mass is 338 g/mol. The minimum Gasteiger partial charge on any atom is -0.398 e. The van der Waals surface area contributed by atoms with Crippen LogP contribution in [-0.2, 0) is 16.0 Å². The van der Waals surface area contributed by atoms with Crippen LogP contribution in [0.2, 0.25) is 0 Å². The Kier molecular flexibility index (Phi) is 5.44. The summed E-state index contributed by atoms with van der Waals surface area (Å²) in [7, 11) is -3.18. The highest BCUT2D eigenvalue weighted by atomic mass is 32.2. The number of amides is 1. The van der Waals surface area contributed by atoms with Gasteiger partial charge in [0.2, 0.25) is 0 Å². The van der Waals surface area contributed by atoms with Crippen molar-refractivity contribution in [3.63, 3.8) is 0 Å². The summed E-state index contributed by atoms with van der Waals surface area (Å²) < 4.78 is 60.0. The van der Waals surface area contributed by atoms with Crippen molar-refractivity contribution in [3.05, 3.63) is 29.3 Å². The van der Waals surface area contributed by atoms with Gasteiger partial charge in [-0.3, -0.25) is 4.79 Å². The molecule has 1 rings (SSSR count). The molecule has 0 aliphatic rings. The third kappa shape index (κ3) is 5.55. The number of benzene rings is 1. The predicted molar refractivity (Wildman–Crippen MR) is 77.1 cm³/mol. The van der Waals surface area contributed by atoms with Gasteiger partial charge >= 0.3 is 6.18 Å². The van der Waals surface area contributed by atoms with Gasteiger partial charge in [-0.2, -0.15) is 13.2 Å². The second-order valence-corrected chi connectivity index (χ2v) is 7.35. The van der Waals surface area contributed by atoms with Gasteiger partial charge in [-0.15, -0.1) is 0 Å². The second-order valence-electron chi connectivity index (χ2n) is 5.09. The van der Waals surface area contributed by atoms with Gasteiger partial charge in [0.15, 0.2) is 0 Å². The largest absolute Gasteiger partial charge is 0.416 e. The number of nitrogens with one attached hydrogen (secondary N) is 1. The molecule has 1 amide bonds. The molecule has 0 aliphatic carbocycles. The quantitative estimate of drug-likeness (QED) is 0.802. The van der Waals surface area contributed by atoms with E-state index in [1.807, 2.05) is 0 Å². The van der Waals surface area contributed by atoms with E-state index in [4.69, 9.17) is 5.73 Å². The number of sulfone groups is 1. The first-order valence-electron chi connectivity index (χ1n) is 6.35. The summed E-state index contributed by atoms with van der Waals surface area (Å²) in [4.78, 5) is 12.0. The number of hydrogen-bond acceptors (Lipinski definition) is 4. The lowest BCUT2D eigenvalue weighted by Gasteiger charge is -2.15. The highest BCUT2D eigenvalue weighted by Crippen LogP contribution is 2.31. The van der Waals surface area contributed by atoms with E-state index in [1.165, 1.54) is 0 Å². The maximum atomic E-state index is 12.6. The zero-order chi connectivity index (χ0) is 17.1. The van der Waals surface area contributed by atoms with E-state index in [1.54, 1.807) is 6.92 Å². The molecule has 0 unspecified atom stereocenters. The van der Waals surface area contributed by atoms with Gasteiger partial charge in [-0.1, -0.05) is 0 Å². The molecule has 1 aromatic carbocycles. The van der Waals surface area contributed by atoms with Crippen LogP contribution >= 0.6 is 0 Å². The van der Waals surface area contributed by atoms with E-state index in [9.17, 15) is 26.4 Å². The molecule has 0 bridgehead atoms. The number of halogens is 3. The lowest BCUT2D eigenvalue weighted by Crippen LogP contribution is -2.34. The normalized spacial score (nSPS) is 13.7. The van der Waals surface area contributed by atoms with Crippen LogP contribution in [0, 0.1) is 0 Å². The van der Waals surface area contributed by atoms with Gasteiger partial charge < -0.3 is 11.1 Å². The average molecular weight is 338 g/mol. The smallest absolute Gasteiger partial charge is 0.398 e. The number of alkyl halides is 3. The molecule has 0 saturated heterocycles. The molecule has 0 saturated carbocycles. The molecule has 0 aliphatic heterocycles. The van der Waals surface area contributed by atoms with Gasteiger partial charge in [0.05, 0.1) is 16.9 Å². The fourth-order valence-corrected chi connectivity index (χ4v) is 2.48. The van der Waals surface area contributed by atoms with Crippen LogP contribution in [0.25, 0.3) is 0 Å². The summed E-state index contributed by atoms with van der Waals surface area (Å²) in [6.45, 7) is 1.56. The Morgan fingerprint density at radius 2 is 1.95 bits per heavy atom. The van der Waals surface area contributed by atoms with Gasteiger partial charge in [0.1, 0.15) is 9.84 Å². The van der Waals surface area contributed by atoms with Crippen molar-refractivity contribution in [2.75, 3.05) is 17.7 Å². The third-order valence-corrected chi connectivity index (χ3v) is 3.90. The molecule has 124 valence electrons. The Hall–Kier alpha value is -1.77. The topological polar surface area (TPSA) is 89.3 Å². The van der Waals surface area contributed by atoms with Crippen molar-refractivity contribution in [1.29, 1.82) is 0 Å². The van der Waals surface area contributed by atoms with E-state index < -0.39 is 33.5 Å². The van der Waals surface area contributed by atoms with Crippen molar-refractivity contribution in [3.8, 4) is 0 Å². The molecule has 9 heteroatoms. The zero-order valence-electron chi connectivity index (χ0n) is 12.1. The molecule has 0 heterocycles. The molecule has 3 N–H and O–H groups in total. The molecule has 0 spiro atoms. The Morgan fingerprint density at radius 1 is 1.36 bits per heavy atom. The molecule has 22 heavy (non-hydrogen) atoms. The number of nitrogen functional groups attached to an aromatic ring is 1. The minimum atomic E-state index is -4.58. The maximum Gasteiger partial charge on any atom is 0.416 e. The van der Waals surface area contributed by atoms with E-state index in [-0.39, 0.29) is 23.4 Å². The summed E-state index contributed by atoms with van der Waals surface area (Å²) in [5.41, 5.74) is 4.18. The van der Waals surface area contributed by atoms with E-state index in [2.05, 4.69) is 5.32 Å². The van der Waals surface area contributed by atoms with Crippen molar-refractivity contribution < 1.29 is 26.4 Å². The van der Waals surface area contributed by atoms with Crippen molar-refractivity contribution >= 4 is 21.4 Å². The highest BCUT2D eigenvalue weighted by molar-refractivity contribution is 7.90. The Morgan fingerprint density at radius 3 is 2.45 bits per heavy atom. The number of nitrogens with two attached hydrogens (primary N) is 1. The molecule has 1 aromatic rings. The van der Waals surface area contributed by atoms with Crippen molar-refractivity contribution in [1.82, 2.24) is 5.32 Å².